The van der Waals surface area contributed by atoms with Crippen molar-refractivity contribution in [2.24, 2.45) is 0 Å². The monoisotopic (exact) mass is 269 g/mol. The molecule has 7 heteroatoms. The van der Waals surface area contributed by atoms with Crippen molar-refractivity contribution in [3.63, 3.8) is 0 Å². The SMILES string of the molecule is CCN(c1ccc2nnnn2n1)C(C)c1cccnc1. The van der Waals surface area contributed by atoms with Crippen LogP contribution in [0.25, 0.3) is 5.65 Å². The average Bonchev–Trinajstić information content (AvgIpc) is 2.96. The van der Waals surface area contributed by atoms with Crippen molar-refractivity contribution < 1.29 is 0 Å². The van der Waals surface area contributed by atoms with Crippen molar-refractivity contribution in [3.8, 4) is 0 Å². The second kappa shape index (κ2) is 5.20. The van der Waals surface area contributed by atoms with Crippen LogP contribution in [0.4, 0.5) is 5.82 Å². The molecule has 3 rings (SSSR count). The summed E-state index contributed by atoms with van der Waals surface area (Å²) >= 11 is 0. The van der Waals surface area contributed by atoms with Crippen molar-refractivity contribution in [2.45, 2.75) is 19.9 Å². The van der Waals surface area contributed by atoms with Crippen LogP contribution in [0.15, 0.2) is 36.7 Å². The summed E-state index contributed by atoms with van der Waals surface area (Å²) in [6.45, 7) is 5.06. The summed E-state index contributed by atoms with van der Waals surface area (Å²) in [7, 11) is 0. The molecule has 0 aliphatic heterocycles. The van der Waals surface area contributed by atoms with Crippen LogP contribution in [0.1, 0.15) is 25.5 Å². The van der Waals surface area contributed by atoms with Gasteiger partial charge in [-0.2, -0.15) is 0 Å². The summed E-state index contributed by atoms with van der Waals surface area (Å²) < 4.78 is 1.44. The number of anilines is 1. The molecule has 0 saturated heterocycles. The maximum atomic E-state index is 4.44. The van der Waals surface area contributed by atoms with Crippen molar-refractivity contribution in [3.05, 3.63) is 42.2 Å². The highest BCUT2D eigenvalue weighted by Gasteiger charge is 2.17. The Hall–Kier alpha value is -2.57. The Morgan fingerprint density at radius 2 is 2.20 bits per heavy atom. The third kappa shape index (κ3) is 2.18. The molecule has 0 aromatic carbocycles. The Morgan fingerprint density at radius 3 is 2.95 bits per heavy atom. The first-order valence-electron chi connectivity index (χ1n) is 6.51. The zero-order chi connectivity index (χ0) is 13.9. The number of aromatic nitrogens is 6. The van der Waals surface area contributed by atoms with E-state index in [9.17, 15) is 0 Å². The van der Waals surface area contributed by atoms with E-state index in [4.69, 9.17) is 0 Å². The zero-order valence-electron chi connectivity index (χ0n) is 11.4. The van der Waals surface area contributed by atoms with Gasteiger partial charge < -0.3 is 4.90 Å². The lowest BCUT2D eigenvalue weighted by Gasteiger charge is -2.28. The Kier molecular flexibility index (Phi) is 3.24. The van der Waals surface area contributed by atoms with Crippen LogP contribution in [0.5, 0.6) is 0 Å². The number of rotatable bonds is 4. The third-order valence-corrected chi connectivity index (χ3v) is 3.32. The summed E-state index contributed by atoms with van der Waals surface area (Å²) in [4.78, 5) is 6.35. The van der Waals surface area contributed by atoms with Crippen LogP contribution in [0.2, 0.25) is 0 Å². The molecule has 0 aliphatic carbocycles. The molecule has 20 heavy (non-hydrogen) atoms. The highest BCUT2D eigenvalue weighted by atomic mass is 15.6. The fourth-order valence-electron chi connectivity index (χ4n) is 2.23. The molecule has 7 nitrogen and oxygen atoms in total. The first-order valence-corrected chi connectivity index (χ1v) is 6.51. The van der Waals surface area contributed by atoms with Gasteiger partial charge in [0.05, 0.1) is 6.04 Å². The molecule has 0 fully saturated rings. The maximum Gasteiger partial charge on any atom is 0.200 e. The first kappa shape index (κ1) is 12.5. The molecule has 0 aliphatic rings. The third-order valence-electron chi connectivity index (χ3n) is 3.32. The minimum atomic E-state index is 0.176. The van der Waals surface area contributed by atoms with E-state index in [1.54, 1.807) is 6.20 Å². The topological polar surface area (TPSA) is 72.1 Å². The lowest BCUT2D eigenvalue weighted by Crippen LogP contribution is -2.28. The van der Waals surface area contributed by atoms with E-state index in [2.05, 4.69) is 50.4 Å². The van der Waals surface area contributed by atoms with Gasteiger partial charge in [0, 0.05) is 18.9 Å². The van der Waals surface area contributed by atoms with Crippen LogP contribution in [-0.4, -0.2) is 36.8 Å². The molecule has 0 saturated carbocycles. The molecule has 1 unspecified atom stereocenters. The molecular weight excluding hydrogens is 254 g/mol. The second-order valence-corrected chi connectivity index (χ2v) is 4.47. The largest absolute Gasteiger partial charge is 0.349 e. The van der Waals surface area contributed by atoms with Gasteiger partial charge in [-0.15, -0.1) is 14.8 Å². The predicted molar refractivity (Wildman–Crippen MR) is 74.2 cm³/mol. The van der Waals surface area contributed by atoms with Crippen LogP contribution in [0, 0.1) is 0 Å². The fraction of sp³-hybridized carbons (Fsp3) is 0.308. The van der Waals surface area contributed by atoms with Gasteiger partial charge in [-0.1, -0.05) is 6.07 Å². The Bertz CT molecular complexity index is 694. The predicted octanol–water partition coefficient (Wildman–Crippen LogP) is 1.50. The van der Waals surface area contributed by atoms with Crippen molar-refractivity contribution in [1.29, 1.82) is 0 Å². The number of nitrogens with zero attached hydrogens (tertiary/aromatic N) is 7. The van der Waals surface area contributed by atoms with Gasteiger partial charge in [0.2, 0.25) is 0 Å². The lowest BCUT2D eigenvalue weighted by atomic mass is 10.1. The van der Waals surface area contributed by atoms with Gasteiger partial charge in [0.1, 0.15) is 0 Å². The van der Waals surface area contributed by atoms with Crippen LogP contribution < -0.4 is 4.90 Å². The average molecular weight is 269 g/mol. The number of tetrazole rings is 1. The minimum Gasteiger partial charge on any atom is -0.349 e. The molecule has 1 atom stereocenters. The molecule has 3 aromatic heterocycles. The number of fused-ring (bicyclic) bond motifs is 1. The molecule has 0 radical (unpaired) electrons. The van der Waals surface area contributed by atoms with Crippen molar-refractivity contribution in [1.82, 2.24) is 30.2 Å². The van der Waals surface area contributed by atoms with Gasteiger partial charge in [0.15, 0.2) is 11.5 Å². The molecular formula is C13H15N7. The fourth-order valence-corrected chi connectivity index (χ4v) is 2.23. The molecule has 0 bridgehead atoms. The van der Waals surface area contributed by atoms with Gasteiger partial charge in [-0.05, 0) is 48.0 Å². The normalized spacial score (nSPS) is 12.5. The minimum absolute atomic E-state index is 0.176. The highest BCUT2D eigenvalue weighted by Crippen LogP contribution is 2.24. The van der Waals surface area contributed by atoms with Gasteiger partial charge in [-0.3, -0.25) is 4.98 Å². The quantitative estimate of drug-likeness (QED) is 0.714. The van der Waals surface area contributed by atoms with Crippen molar-refractivity contribution in [2.75, 3.05) is 11.4 Å². The Labute approximate surface area is 116 Å². The second-order valence-electron chi connectivity index (χ2n) is 4.47. The van der Waals surface area contributed by atoms with Gasteiger partial charge >= 0.3 is 0 Å². The van der Waals surface area contributed by atoms with Crippen LogP contribution in [0.3, 0.4) is 0 Å². The van der Waals surface area contributed by atoms with Gasteiger partial charge in [-0.25, -0.2) is 0 Å². The smallest absolute Gasteiger partial charge is 0.200 e. The van der Waals surface area contributed by atoms with E-state index < -0.39 is 0 Å². The molecule has 3 aromatic rings. The lowest BCUT2D eigenvalue weighted by molar-refractivity contribution is 0.651. The first-order chi connectivity index (χ1) is 9.79. The van der Waals surface area contributed by atoms with Gasteiger partial charge in [0.25, 0.3) is 0 Å². The number of hydrogen-bond donors (Lipinski definition) is 0. The Balaban J connectivity index is 1.96. The van der Waals surface area contributed by atoms with E-state index in [0.29, 0.717) is 5.65 Å². The molecule has 3 heterocycles. The van der Waals surface area contributed by atoms with E-state index >= 15 is 0 Å². The Morgan fingerprint density at radius 1 is 1.30 bits per heavy atom. The van der Waals surface area contributed by atoms with E-state index in [1.807, 2.05) is 24.4 Å². The standard InChI is InChI=1S/C13H15N7/c1-3-19(10(2)11-5-4-8-14-9-11)13-7-6-12-15-17-18-20(12)16-13/h4-10H,3H2,1-2H3. The maximum absolute atomic E-state index is 4.44. The summed E-state index contributed by atoms with van der Waals surface area (Å²) in [5.74, 6) is 0.837. The molecule has 0 N–H and O–H groups in total. The van der Waals surface area contributed by atoms with Crippen LogP contribution >= 0.6 is 0 Å². The number of pyridine rings is 1. The zero-order valence-corrected chi connectivity index (χ0v) is 11.4. The molecule has 0 amide bonds. The summed E-state index contributed by atoms with van der Waals surface area (Å²) in [5, 5.41) is 15.7. The summed E-state index contributed by atoms with van der Waals surface area (Å²) in [5.41, 5.74) is 1.78. The highest BCUT2D eigenvalue weighted by molar-refractivity contribution is 5.46. The van der Waals surface area contributed by atoms with Crippen LogP contribution in [-0.2, 0) is 0 Å². The molecule has 102 valence electrons. The van der Waals surface area contributed by atoms with E-state index in [1.165, 1.54) is 4.63 Å². The van der Waals surface area contributed by atoms with E-state index in [0.717, 1.165) is 17.9 Å². The molecule has 0 spiro atoms. The summed E-state index contributed by atoms with van der Waals surface area (Å²) in [6, 6.07) is 7.98. The summed E-state index contributed by atoms with van der Waals surface area (Å²) in [6.07, 6.45) is 3.65. The number of hydrogen-bond acceptors (Lipinski definition) is 6. The van der Waals surface area contributed by atoms with Crippen molar-refractivity contribution >= 4 is 11.5 Å². The van der Waals surface area contributed by atoms with E-state index in [-0.39, 0.29) is 6.04 Å².